The van der Waals surface area contributed by atoms with E-state index in [4.69, 9.17) is 4.74 Å². The van der Waals surface area contributed by atoms with Gasteiger partial charge in [-0.25, -0.2) is 0 Å². The van der Waals surface area contributed by atoms with Crippen molar-refractivity contribution >= 4 is 17.8 Å². The van der Waals surface area contributed by atoms with Crippen LogP contribution < -0.4 is 10.6 Å². The maximum atomic E-state index is 14.2. The van der Waals surface area contributed by atoms with Crippen LogP contribution in [0.25, 0.3) is 0 Å². The molecule has 0 aliphatic carbocycles. The molecule has 0 aromatic heterocycles. The average molecular weight is 354 g/mol. The van der Waals surface area contributed by atoms with Gasteiger partial charge in [0.05, 0.1) is 6.61 Å². The van der Waals surface area contributed by atoms with Gasteiger partial charge in [0.2, 0.25) is 0 Å². The van der Waals surface area contributed by atoms with Crippen molar-refractivity contribution in [1.29, 1.82) is 0 Å². The number of hydrogen-bond donors (Lipinski definition) is 1. The summed E-state index contributed by atoms with van der Waals surface area (Å²) in [5, 5.41) is 11.7. The summed E-state index contributed by atoms with van der Waals surface area (Å²) in [4.78, 5) is 0. The molecule has 4 heteroatoms. The molecule has 1 N–H and O–H groups in total. The Morgan fingerprint density at radius 1 is 1.08 bits per heavy atom. The van der Waals surface area contributed by atoms with Gasteiger partial charge in [-0.15, -0.1) is 0 Å². The van der Waals surface area contributed by atoms with Gasteiger partial charge in [0.25, 0.3) is 0 Å². The third kappa shape index (κ3) is 4.86. The van der Waals surface area contributed by atoms with E-state index in [1.54, 1.807) is 13.8 Å². The average Bonchev–Trinajstić information content (AvgIpc) is 2.62. The smallest absolute Gasteiger partial charge is 0.182 e. The van der Waals surface area contributed by atoms with Crippen LogP contribution >= 0.6 is 7.14 Å². The van der Waals surface area contributed by atoms with E-state index in [1.165, 1.54) is 6.26 Å². The van der Waals surface area contributed by atoms with Crippen LogP contribution in [0.15, 0.2) is 72.2 Å². The number of ether oxygens (including phenoxy) is 1. The standard InChI is InChI=1S/C21H23O3P/c1-4-24-17-20(15-16-21(2,3)22)25(23,18-11-7-5-8-12-18)19-13-9-6-10-14-19/h5-14,17,22H,4H2,1-3H3/b20-17+. The van der Waals surface area contributed by atoms with Gasteiger partial charge in [0, 0.05) is 10.6 Å². The maximum Gasteiger partial charge on any atom is 0.182 e. The molecule has 0 atom stereocenters. The minimum Gasteiger partial charge on any atom is -0.500 e. The Hall–Kier alpha value is -2.27. The number of aliphatic hydroxyl groups is 1. The summed E-state index contributed by atoms with van der Waals surface area (Å²) >= 11 is 0. The predicted octanol–water partition coefficient (Wildman–Crippen LogP) is 3.65. The van der Waals surface area contributed by atoms with Crippen molar-refractivity contribution in [2.45, 2.75) is 26.4 Å². The summed E-state index contributed by atoms with van der Waals surface area (Å²) in [7, 11) is -3.20. The van der Waals surface area contributed by atoms with Crippen molar-refractivity contribution in [1.82, 2.24) is 0 Å². The third-order valence-corrected chi connectivity index (χ3v) is 6.38. The van der Waals surface area contributed by atoms with Crippen LogP contribution in [-0.4, -0.2) is 17.3 Å². The van der Waals surface area contributed by atoms with Crippen molar-refractivity contribution in [3.05, 3.63) is 72.2 Å². The summed E-state index contributed by atoms with van der Waals surface area (Å²) in [5.41, 5.74) is -1.19. The lowest BCUT2D eigenvalue weighted by molar-refractivity contribution is 0.143. The van der Waals surface area contributed by atoms with Gasteiger partial charge in [-0.2, -0.15) is 0 Å². The Kier molecular flexibility index (Phi) is 6.26. The van der Waals surface area contributed by atoms with Crippen molar-refractivity contribution in [2.24, 2.45) is 0 Å². The van der Waals surface area contributed by atoms with Crippen molar-refractivity contribution in [2.75, 3.05) is 6.61 Å². The Balaban J connectivity index is 2.71. The molecule has 0 aliphatic rings. The fourth-order valence-electron chi connectivity index (χ4n) is 2.26. The second-order valence-corrected chi connectivity index (χ2v) is 8.78. The zero-order valence-corrected chi connectivity index (χ0v) is 15.7. The van der Waals surface area contributed by atoms with E-state index in [9.17, 15) is 9.67 Å². The first kappa shape index (κ1) is 19.1. The van der Waals surface area contributed by atoms with E-state index in [2.05, 4.69) is 11.8 Å². The number of hydrogen-bond acceptors (Lipinski definition) is 3. The van der Waals surface area contributed by atoms with Crippen LogP contribution in [0.1, 0.15) is 20.8 Å². The highest BCUT2D eigenvalue weighted by Gasteiger charge is 2.32. The zero-order chi connectivity index (χ0) is 18.3. The maximum absolute atomic E-state index is 14.2. The zero-order valence-electron chi connectivity index (χ0n) is 14.8. The first-order valence-electron chi connectivity index (χ1n) is 8.17. The fourth-order valence-corrected chi connectivity index (χ4v) is 4.74. The van der Waals surface area contributed by atoms with E-state index in [0.717, 1.165) is 0 Å². The first-order valence-corrected chi connectivity index (χ1v) is 9.88. The van der Waals surface area contributed by atoms with Crippen LogP contribution in [-0.2, 0) is 9.30 Å². The third-order valence-electron chi connectivity index (χ3n) is 3.44. The number of allylic oxidation sites excluding steroid dienone is 1. The van der Waals surface area contributed by atoms with Gasteiger partial charge < -0.3 is 14.4 Å². The molecule has 0 fully saturated rings. The second-order valence-electron chi connectivity index (χ2n) is 6.05. The lowest BCUT2D eigenvalue weighted by Crippen LogP contribution is -2.18. The van der Waals surface area contributed by atoms with Gasteiger partial charge in [-0.1, -0.05) is 72.5 Å². The molecule has 0 spiro atoms. The SMILES string of the molecule is CCO/C=C(\C#CC(C)(C)O)P(=O)(c1ccccc1)c1ccccc1. The monoisotopic (exact) mass is 354 g/mol. The second kappa shape index (κ2) is 8.21. The minimum atomic E-state index is -3.20. The van der Waals surface area contributed by atoms with Gasteiger partial charge in [0.1, 0.15) is 17.2 Å². The molecule has 0 radical (unpaired) electrons. The van der Waals surface area contributed by atoms with Crippen LogP contribution in [0.4, 0.5) is 0 Å². The topological polar surface area (TPSA) is 46.5 Å². The van der Waals surface area contributed by atoms with E-state index >= 15 is 0 Å². The highest BCUT2D eigenvalue weighted by molar-refractivity contribution is 7.82. The quantitative estimate of drug-likeness (QED) is 0.506. The fraction of sp³-hybridized carbons (Fsp3) is 0.238. The highest BCUT2D eigenvalue weighted by Crippen LogP contribution is 2.51. The number of benzene rings is 2. The normalized spacial score (nSPS) is 12.2. The van der Waals surface area contributed by atoms with Crippen molar-refractivity contribution in [3.63, 3.8) is 0 Å². The predicted molar refractivity (Wildman–Crippen MR) is 104 cm³/mol. The molecule has 0 amide bonds. The molecule has 2 aromatic carbocycles. The van der Waals surface area contributed by atoms with Crippen LogP contribution in [0.2, 0.25) is 0 Å². The molecular weight excluding hydrogens is 331 g/mol. The Bertz CT molecular complexity index is 779. The minimum absolute atomic E-state index is 0.369. The van der Waals surface area contributed by atoms with Crippen molar-refractivity contribution < 1.29 is 14.4 Å². The van der Waals surface area contributed by atoms with Gasteiger partial charge in [-0.05, 0) is 20.8 Å². The molecule has 0 saturated heterocycles. The molecule has 2 aromatic rings. The molecule has 3 nitrogen and oxygen atoms in total. The van der Waals surface area contributed by atoms with E-state index in [0.29, 0.717) is 22.5 Å². The Morgan fingerprint density at radius 2 is 1.56 bits per heavy atom. The molecule has 0 bridgehead atoms. The summed E-state index contributed by atoms with van der Waals surface area (Å²) in [6, 6.07) is 18.5. The van der Waals surface area contributed by atoms with E-state index in [1.807, 2.05) is 67.6 Å². The van der Waals surface area contributed by atoms with Crippen LogP contribution in [0.3, 0.4) is 0 Å². The molecule has 130 valence electrons. The summed E-state index contributed by atoms with van der Waals surface area (Å²) in [6.07, 6.45) is 1.46. The van der Waals surface area contributed by atoms with E-state index in [-0.39, 0.29) is 0 Å². The first-order chi connectivity index (χ1) is 11.9. The largest absolute Gasteiger partial charge is 0.500 e. The Morgan fingerprint density at radius 3 is 1.96 bits per heavy atom. The molecule has 0 aliphatic heterocycles. The van der Waals surface area contributed by atoms with Gasteiger partial charge in [-0.3, -0.25) is 0 Å². The van der Waals surface area contributed by atoms with Crippen LogP contribution in [0, 0.1) is 11.8 Å². The molecule has 0 heterocycles. The molecular formula is C21H23O3P. The van der Waals surface area contributed by atoms with Crippen molar-refractivity contribution in [3.8, 4) is 11.8 Å². The molecule has 0 unspecified atom stereocenters. The summed E-state index contributed by atoms with van der Waals surface area (Å²) in [5.74, 6) is 5.67. The lowest BCUT2D eigenvalue weighted by Gasteiger charge is -2.19. The van der Waals surface area contributed by atoms with Gasteiger partial charge >= 0.3 is 0 Å². The molecule has 25 heavy (non-hydrogen) atoms. The highest BCUT2D eigenvalue weighted by atomic mass is 31.2. The summed E-state index contributed by atoms with van der Waals surface area (Å²) < 4.78 is 19.6. The number of rotatable bonds is 5. The lowest BCUT2D eigenvalue weighted by atomic mass is 10.1. The summed E-state index contributed by atoms with van der Waals surface area (Å²) in [6.45, 7) is 5.48. The van der Waals surface area contributed by atoms with Crippen LogP contribution in [0.5, 0.6) is 0 Å². The van der Waals surface area contributed by atoms with E-state index < -0.39 is 12.7 Å². The molecule has 0 saturated carbocycles. The van der Waals surface area contributed by atoms with Gasteiger partial charge in [0.15, 0.2) is 7.14 Å². The molecule has 2 rings (SSSR count). The Labute approximate surface area is 149 Å².